The molecule has 0 aliphatic carbocycles. The van der Waals surface area contributed by atoms with Crippen molar-refractivity contribution in [2.24, 2.45) is 0 Å². The van der Waals surface area contributed by atoms with Crippen molar-refractivity contribution in [2.45, 2.75) is 0 Å². The number of nitrogens with two attached hydrogens (primary N) is 1. The Hall–Kier alpha value is -1.33. The Morgan fingerprint density at radius 1 is 1.00 bits per heavy atom. The maximum absolute atomic E-state index is 6.14. The number of pyridine rings is 1. The quantitative estimate of drug-likeness (QED) is 0.450. The average Bonchev–Trinajstić information content (AvgIpc) is 2.64. The predicted octanol–water partition coefficient (Wildman–Crippen LogP) is -0.626. The summed E-state index contributed by atoms with van der Waals surface area (Å²) in [6.45, 7) is 0. The molecule has 0 fully saturated rings. The SMILES string of the molecule is Nn1c(-c2ccccc2)c(Br)[n+]2ccccc12.[Br-]. The Morgan fingerprint density at radius 2 is 1.67 bits per heavy atom. The number of imidazole rings is 1. The Bertz CT molecular complexity index is 638. The molecule has 0 amide bonds. The summed E-state index contributed by atoms with van der Waals surface area (Å²) in [5.41, 5.74) is 3.00. The highest BCUT2D eigenvalue weighted by atomic mass is 79.9. The number of nitrogen functional groups attached to an aromatic ring is 1. The Balaban J connectivity index is 0.00000120. The van der Waals surface area contributed by atoms with E-state index >= 15 is 0 Å². The maximum Gasteiger partial charge on any atom is 0.310 e. The highest BCUT2D eigenvalue weighted by Gasteiger charge is 2.23. The molecule has 0 unspecified atom stereocenters. The van der Waals surface area contributed by atoms with Gasteiger partial charge in [0.2, 0.25) is 10.3 Å². The van der Waals surface area contributed by atoms with Gasteiger partial charge in [-0.25, -0.2) is 0 Å². The summed E-state index contributed by atoms with van der Waals surface area (Å²) < 4.78 is 4.67. The van der Waals surface area contributed by atoms with Crippen molar-refractivity contribution in [3.8, 4) is 11.3 Å². The smallest absolute Gasteiger partial charge is 0.310 e. The minimum absolute atomic E-state index is 0. The summed E-state index contributed by atoms with van der Waals surface area (Å²) in [7, 11) is 0. The molecule has 1 aromatic carbocycles. The standard InChI is InChI=1S/C13H11BrN3.BrH/c14-13-12(10-6-2-1-3-7-10)17(15)11-8-4-5-9-16(11)13;/h1-9H,15H2;1H/q+1;/p-1. The second-order valence-corrected chi connectivity index (χ2v) is 4.56. The van der Waals surface area contributed by atoms with Gasteiger partial charge in [0.1, 0.15) is 0 Å². The van der Waals surface area contributed by atoms with Crippen LogP contribution in [0.3, 0.4) is 0 Å². The molecule has 3 rings (SSSR count). The van der Waals surface area contributed by atoms with E-state index in [1.807, 2.05) is 59.1 Å². The zero-order valence-corrected chi connectivity index (χ0v) is 12.6. The molecular weight excluding hydrogens is 358 g/mol. The van der Waals surface area contributed by atoms with Crippen molar-refractivity contribution in [1.82, 2.24) is 4.68 Å². The summed E-state index contributed by atoms with van der Waals surface area (Å²) in [4.78, 5) is 0. The van der Waals surface area contributed by atoms with E-state index in [9.17, 15) is 0 Å². The van der Waals surface area contributed by atoms with E-state index in [-0.39, 0.29) is 17.0 Å². The van der Waals surface area contributed by atoms with Crippen molar-refractivity contribution in [2.75, 3.05) is 5.84 Å². The lowest BCUT2D eigenvalue weighted by atomic mass is 10.2. The zero-order chi connectivity index (χ0) is 11.8. The normalized spacial score (nSPS) is 10.3. The summed E-state index contributed by atoms with van der Waals surface area (Å²) in [6, 6.07) is 16.0. The monoisotopic (exact) mass is 367 g/mol. The van der Waals surface area contributed by atoms with E-state index in [4.69, 9.17) is 5.84 Å². The van der Waals surface area contributed by atoms with Crippen LogP contribution in [0.15, 0.2) is 59.3 Å². The van der Waals surface area contributed by atoms with Crippen LogP contribution in [0, 0.1) is 0 Å². The lowest BCUT2D eigenvalue weighted by molar-refractivity contribution is -0.522. The molecule has 92 valence electrons. The van der Waals surface area contributed by atoms with Gasteiger partial charge in [0, 0.05) is 27.6 Å². The van der Waals surface area contributed by atoms with E-state index in [1.165, 1.54) is 0 Å². The first kappa shape index (κ1) is 13.1. The summed E-state index contributed by atoms with van der Waals surface area (Å²) in [5, 5.41) is 0. The summed E-state index contributed by atoms with van der Waals surface area (Å²) in [6.07, 6.45) is 1.98. The Morgan fingerprint density at radius 3 is 2.33 bits per heavy atom. The fourth-order valence-electron chi connectivity index (χ4n) is 1.98. The first-order chi connectivity index (χ1) is 8.29. The van der Waals surface area contributed by atoms with Gasteiger partial charge in [-0.15, -0.1) is 4.68 Å². The Kier molecular flexibility index (Phi) is 3.73. The third kappa shape index (κ3) is 1.93. The fourth-order valence-corrected chi connectivity index (χ4v) is 2.70. The molecule has 0 aliphatic rings. The molecule has 2 aromatic heterocycles. The van der Waals surface area contributed by atoms with E-state index in [1.54, 1.807) is 4.68 Å². The van der Waals surface area contributed by atoms with Crippen LogP contribution >= 0.6 is 15.9 Å². The number of hydrogen-bond donors (Lipinski definition) is 1. The van der Waals surface area contributed by atoms with Gasteiger partial charge in [0.25, 0.3) is 0 Å². The molecule has 2 N–H and O–H groups in total. The Labute approximate surface area is 124 Å². The average molecular weight is 369 g/mol. The van der Waals surface area contributed by atoms with Gasteiger partial charge in [-0.1, -0.05) is 36.4 Å². The van der Waals surface area contributed by atoms with Crippen LogP contribution in [0.2, 0.25) is 0 Å². The molecule has 3 aromatic rings. The van der Waals surface area contributed by atoms with Gasteiger partial charge in [0.05, 0.1) is 6.20 Å². The van der Waals surface area contributed by atoms with Gasteiger partial charge < -0.3 is 17.0 Å². The van der Waals surface area contributed by atoms with Crippen LogP contribution in [-0.4, -0.2) is 4.68 Å². The minimum atomic E-state index is 0. The van der Waals surface area contributed by atoms with Crippen LogP contribution in [0.25, 0.3) is 16.9 Å². The van der Waals surface area contributed by atoms with Gasteiger partial charge in [0.15, 0.2) is 0 Å². The van der Waals surface area contributed by atoms with Crippen molar-refractivity contribution in [3.05, 3.63) is 59.3 Å². The molecule has 0 saturated heterocycles. The topological polar surface area (TPSA) is 35.0 Å². The van der Waals surface area contributed by atoms with Crippen LogP contribution in [-0.2, 0) is 0 Å². The number of aromatic nitrogens is 2. The largest absolute Gasteiger partial charge is 1.00 e. The molecule has 0 atom stereocenters. The second kappa shape index (κ2) is 5.12. The third-order valence-corrected chi connectivity index (χ3v) is 3.54. The highest BCUT2D eigenvalue weighted by molar-refractivity contribution is 9.10. The number of fused-ring (bicyclic) bond motifs is 1. The maximum atomic E-state index is 6.14. The highest BCUT2D eigenvalue weighted by Crippen LogP contribution is 2.26. The number of hydrogen-bond acceptors (Lipinski definition) is 1. The molecule has 2 heterocycles. The lowest BCUT2D eigenvalue weighted by Crippen LogP contribution is -3.00. The lowest BCUT2D eigenvalue weighted by Gasteiger charge is -1.95. The van der Waals surface area contributed by atoms with Gasteiger partial charge in [-0.3, -0.25) is 5.84 Å². The van der Waals surface area contributed by atoms with Crippen molar-refractivity contribution >= 4 is 21.6 Å². The van der Waals surface area contributed by atoms with E-state index < -0.39 is 0 Å². The number of benzene rings is 1. The van der Waals surface area contributed by atoms with Crippen LogP contribution < -0.4 is 27.2 Å². The summed E-state index contributed by atoms with van der Waals surface area (Å²) >= 11 is 3.60. The van der Waals surface area contributed by atoms with Gasteiger partial charge in [-0.2, -0.15) is 4.40 Å². The molecule has 0 bridgehead atoms. The van der Waals surface area contributed by atoms with Crippen molar-refractivity contribution < 1.29 is 21.4 Å². The molecule has 0 saturated carbocycles. The number of nitrogens with zero attached hydrogens (tertiary/aromatic N) is 2. The van der Waals surface area contributed by atoms with E-state index in [2.05, 4.69) is 15.9 Å². The minimum Gasteiger partial charge on any atom is -1.00 e. The first-order valence-electron chi connectivity index (χ1n) is 5.30. The summed E-state index contributed by atoms with van der Waals surface area (Å²) in [5.74, 6) is 6.14. The van der Waals surface area contributed by atoms with Crippen LogP contribution in [0.1, 0.15) is 0 Å². The van der Waals surface area contributed by atoms with E-state index in [0.29, 0.717) is 0 Å². The molecule has 3 nitrogen and oxygen atoms in total. The first-order valence-corrected chi connectivity index (χ1v) is 6.09. The molecule has 0 spiro atoms. The van der Waals surface area contributed by atoms with Gasteiger partial charge in [-0.05, 0) is 6.07 Å². The van der Waals surface area contributed by atoms with Crippen LogP contribution in [0.4, 0.5) is 0 Å². The van der Waals surface area contributed by atoms with Crippen molar-refractivity contribution in [1.29, 1.82) is 0 Å². The zero-order valence-electron chi connectivity index (χ0n) is 9.42. The van der Waals surface area contributed by atoms with E-state index in [0.717, 1.165) is 21.5 Å². The molecular formula is C13H11Br2N3. The van der Waals surface area contributed by atoms with Crippen LogP contribution in [0.5, 0.6) is 0 Å². The predicted molar refractivity (Wildman–Crippen MR) is 70.9 cm³/mol. The second-order valence-electron chi connectivity index (χ2n) is 3.80. The fraction of sp³-hybridized carbons (Fsp3) is 0. The molecule has 18 heavy (non-hydrogen) atoms. The van der Waals surface area contributed by atoms with Crippen molar-refractivity contribution in [3.63, 3.8) is 0 Å². The number of rotatable bonds is 1. The third-order valence-electron chi connectivity index (χ3n) is 2.78. The number of halogens is 2. The molecule has 0 radical (unpaired) electrons. The van der Waals surface area contributed by atoms with Gasteiger partial charge >= 0.3 is 5.65 Å². The molecule has 5 heteroatoms. The molecule has 0 aliphatic heterocycles.